The molecule has 0 saturated carbocycles. The van der Waals surface area contributed by atoms with Gasteiger partial charge in [0.25, 0.3) is 0 Å². The van der Waals surface area contributed by atoms with Gasteiger partial charge in [-0.05, 0) is 31.4 Å². The molecule has 0 amide bonds. The van der Waals surface area contributed by atoms with Crippen LogP contribution in [0.5, 0.6) is 0 Å². The summed E-state index contributed by atoms with van der Waals surface area (Å²) in [4.78, 5) is 0. The van der Waals surface area contributed by atoms with Crippen LogP contribution < -0.4 is 5.32 Å². The molecule has 1 saturated heterocycles. The Morgan fingerprint density at radius 3 is 2.93 bits per heavy atom. The molecule has 1 aromatic carbocycles. The van der Waals surface area contributed by atoms with Gasteiger partial charge in [-0.25, -0.2) is 0 Å². The summed E-state index contributed by atoms with van der Waals surface area (Å²) in [6.45, 7) is 1.75. The summed E-state index contributed by atoms with van der Waals surface area (Å²) in [5.74, 6) is 0. The number of nitrogens with one attached hydrogen (secondary N) is 1. The van der Waals surface area contributed by atoms with Crippen molar-refractivity contribution >= 4 is 17.3 Å². The fraction of sp³-hybridized carbons (Fsp3) is 0.500. The SMILES string of the molecule is Clc1ccccc1NCC1CCCCO1. The van der Waals surface area contributed by atoms with E-state index in [0.717, 1.165) is 30.3 Å². The van der Waals surface area contributed by atoms with Crippen molar-refractivity contribution in [2.24, 2.45) is 0 Å². The lowest BCUT2D eigenvalue weighted by Crippen LogP contribution is -2.27. The van der Waals surface area contributed by atoms with E-state index >= 15 is 0 Å². The van der Waals surface area contributed by atoms with Gasteiger partial charge in [-0.15, -0.1) is 0 Å². The molecule has 1 aromatic rings. The van der Waals surface area contributed by atoms with Crippen LogP contribution >= 0.6 is 11.6 Å². The fourth-order valence-electron chi connectivity index (χ4n) is 1.80. The van der Waals surface area contributed by atoms with E-state index in [0.29, 0.717) is 6.10 Å². The predicted molar refractivity (Wildman–Crippen MR) is 63.5 cm³/mol. The Hall–Kier alpha value is -0.730. The van der Waals surface area contributed by atoms with E-state index < -0.39 is 0 Å². The maximum Gasteiger partial charge on any atom is 0.0747 e. The summed E-state index contributed by atoms with van der Waals surface area (Å²) in [5.41, 5.74) is 0.994. The zero-order chi connectivity index (χ0) is 10.5. The highest BCUT2D eigenvalue weighted by Gasteiger charge is 2.13. The van der Waals surface area contributed by atoms with Crippen molar-refractivity contribution in [1.82, 2.24) is 0 Å². The third-order valence-electron chi connectivity index (χ3n) is 2.67. The lowest BCUT2D eigenvalue weighted by Gasteiger charge is -2.23. The second-order valence-electron chi connectivity index (χ2n) is 3.85. The second kappa shape index (κ2) is 5.38. The number of anilines is 1. The van der Waals surface area contributed by atoms with Crippen molar-refractivity contribution in [3.05, 3.63) is 29.3 Å². The molecular weight excluding hydrogens is 210 g/mol. The van der Waals surface area contributed by atoms with E-state index in [4.69, 9.17) is 16.3 Å². The normalized spacial score (nSPS) is 21.3. The molecule has 0 aromatic heterocycles. The number of ether oxygens (including phenoxy) is 1. The maximum absolute atomic E-state index is 6.04. The molecule has 1 heterocycles. The molecule has 1 unspecified atom stereocenters. The summed E-state index contributed by atoms with van der Waals surface area (Å²) in [6.07, 6.45) is 3.96. The van der Waals surface area contributed by atoms with Gasteiger partial charge in [-0.3, -0.25) is 0 Å². The van der Waals surface area contributed by atoms with Gasteiger partial charge in [0.1, 0.15) is 0 Å². The average molecular weight is 226 g/mol. The van der Waals surface area contributed by atoms with Gasteiger partial charge >= 0.3 is 0 Å². The van der Waals surface area contributed by atoms with Crippen LogP contribution in [0.2, 0.25) is 5.02 Å². The highest BCUT2D eigenvalue weighted by molar-refractivity contribution is 6.33. The summed E-state index contributed by atoms with van der Waals surface area (Å²) in [5, 5.41) is 4.10. The molecular formula is C12H16ClNO. The lowest BCUT2D eigenvalue weighted by atomic mass is 10.1. The van der Waals surface area contributed by atoms with E-state index in [1.54, 1.807) is 0 Å². The summed E-state index contributed by atoms with van der Waals surface area (Å²) >= 11 is 6.04. The number of benzene rings is 1. The second-order valence-corrected chi connectivity index (χ2v) is 4.26. The van der Waals surface area contributed by atoms with Crippen LogP contribution in [0.15, 0.2) is 24.3 Å². The van der Waals surface area contributed by atoms with Crippen molar-refractivity contribution < 1.29 is 4.74 Å². The molecule has 1 N–H and O–H groups in total. The number of rotatable bonds is 3. The van der Waals surface area contributed by atoms with E-state index in [9.17, 15) is 0 Å². The third kappa shape index (κ3) is 3.11. The van der Waals surface area contributed by atoms with Crippen LogP contribution in [0.1, 0.15) is 19.3 Å². The Balaban J connectivity index is 1.84. The number of para-hydroxylation sites is 1. The first-order valence-corrected chi connectivity index (χ1v) is 5.84. The van der Waals surface area contributed by atoms with Crippen molar-refractivity contribution in [3.8, 4) is 0 Å². The topological polar surface area (TPSA) is 21.3 Å². The Morgan fingerprint density at radius 2 is 2.20 bits per heavy atom. The average Bonchev–Trinajstić information content (AvgIpc) is 2.29. The van der Waals surface area contributed by atoms with Gasteiger partial charge in [0.05, 0.1) is 16.8 Å². The Bertz CT molecular complexity index is 310. The molecule has 1 aliphatic heterocycles. The summed E-state index contributed by atoms with van der Waals surface area (Å²) in [6, 6.07) is 7.80. The summed E-state index contributed by atoms with van der Waals surface area (Å²) in [7, 11) is 0. The molecule has 82 valence electrons. The molecule has 0 bridgehead atoms. The molecule has 1 aliphatic rings. The maximum atomic E-state index is 6.04. The van der Waals surface area contributed by atoms with Crippen LogP contribution in [0.25, 0.3) is 0 Å². The molecule has 15 heavy (non-hydrogen) atoms. The standard InChI is InChI=1S/C12H16ClNO/c13-11-6-1-2-7-12(11)14-9-10-5-3-4-8-15-10/h1-2,6-7,10,14H,3-5,8-9H2. The first kappa shape index (κ1) is 10.8. The van der Waals surface area contributed by atoms with Crippen LogP contribution in [0.3, 0.4) is 0 Å². The van der Waals surface area contributed by atoms with Gasteiger partial charge in [0.15, 0.2) is 0 Å². The van der Waals surface area contributed by atoms with Crippen LogP contribution in [0.4, 0.5) is 5.69 Å². The minimum absolute atomic E-state index is 0.343. The van der Waals surface area contributed by atoms with Gasteiger partial charge in [-0.2, -0.15) is 0 Å². The van der Waals surface area contributed by atoms with E-state index in [1.165, 1.54) is 12.8 Å². The molecule has 1 atom stereocenters. The zero-order valence-electron chi connectivity index (χ0n) is 8.71. The van der Waals surface area contributed by atoms with E-state index in [1.807, 2.05) is 24.3 Å². The van der Waals surface area contributed by atoms with Gasteiger partial charge in [0.2, 0.25) is 0 Å². The van der Waals surface area contributed by atoms with E-state index in [-0.39, 0.29) is 0 Å². The molecule has 0 radical (unpaired) electrons. The van der Waals surface area contributed by atoms with Crippen molar-refractivity contribution in [2.45, 2.75) is 25.4 Å². The Kier molecular flexibility index (Phi) is 3.87. The molecule has 2 rings (SSSR count). The highest BCUT2D eigenvalue weighted by atomic mass is 35.5. The third-order valence-corrected chi connectivity index (χ3v) is 3.00. The smallest absolute Gasteiger partial charge is 0.0747 e. The minimum Gasteiger partial charge on any atom is -0.381 e. The first-order valence-electron chi connectivity index (χ1n) is 5.46. The van der Waals surface area contributed by atoms with Crippen LogP contribution in [0, 0.1) is 0 Å². The minimum atomic E-state index is 0.343. The molecule has 2 nitrogen and oxygen atoms in total. The van der Waals surface area contributed by atoms with Gasteiger partial charge in [0, 0.05) is 13.2 Å². The Morgan fingerprint density at radius 1 is 1.33 bits per heavy atom. The number of hydrogen-bond donors (Lipinski definition) is 1. The molecule has 3 heteroatoms. The Labute approximate surface area is 95.6 Å². The monoisotopic (exact) mass is 225 g/mol. The van der Waals surface area contributed by atoms with Crippen molar-refractivity contribution in [1.29, 1.82) is 0 Å². The molecule has 1 fully saturated rings. The zero-order valence-corrected chi connectivity index (χ0v) is 9.46. The van der Waals surface area contributed by atoms with Crippen LogP contribution in [-0.4, -0.2) is 19.3 Å². The van der Waals surface area contributed by atoms with Gasteiger partial charge < -0.3 is 10.1 Å². The molecule has 0 spiro atoms. The lowest BCUT2D eigenvalue weighted by molar-refractivity contribution is 0.0247. The van der Waals surface area contributed by atoms with Crippen LogP contribution in [-0.2, 0) is 4.74 Å². The van der Waals surface area contributed by atoms with Crippen molar-refractivity contribution in [3.63, 3.8) is 0 Å². The fourth-order valence-corrected chi connectivity index (χ4v) is 2.00. The molecule has 0 aliphatic carbocycles. The van der Waals surface area contributed by atoms with E-state index in [2.05, 4.69) is 5.32 Å². The largest absolute Gasteiger partial charge is 0.381 e. The quantitative estimate of drug-likeness (QED) is 0.852. The summed E-state index contributed by atoms with van der Waals surface area (Å²) < 4.78 is 5.63. The number of halogens is 1. The van der Waals surface area contributed by atoms with Crippen molar-refractivity contribution in [2.75, 3.05) is 18.5 Å². The highest BCUT2D eigenvalue weighted by Crippen LogP contribution is 2.21. The number of hydrogen-bond acceptors (Lipinski definition) is 2. The predicted octanol–water partition coefficient (Wildman–Crippen LogP) is 3.32. The van der Waals surface area contributed by atoms with Gasteiger partial charge in [-0.1, -0.05) is 23.7 Å². The first-order chi connectivity index (χ1) is 7.36.